The Morgan fingerprint density at radius 1 is 1.07 bits per heavy atom. The minimum absolute atomic E-state index is 0.0190. The highest BCUT2D eigenvalue weighted by Crippen LogP contribution is 2.21. The van der Waals surface area contributed by atoms with E-state index in [4.69, 9.17) is 5.14 Å². The van der Waals surface area contributed by atoms with E-state index in [0.717, 1.165) is 25.2 Å². The predicted molar refractivity (Wildman–Crippen MR) is 115 cm³/mol. The van der Waals surface area contributed by atoms with Crippen LogP contribution in [0.5, 0.6) is 0 Å². The molecule has 1 aliphatic heterocycles. The van der Waals surface area contributed by atoms with E-state index in [1.807, 2.05) is 18.2 Å². The van der Waals surface area contributed by atoms with Crippen LogP contribution in [-0.4, -0.2) is 56.8 Å². The second-order valence-electron chi connectivity index (χ2n) is 7.37. The lowest BCUT2D eigenvalue weighted by molar-refractivity contribution is 0.0650. The molecule has 0 radical (unpaired) electrons. The number of hydrogen-bond acceptors (Lipinski definition) is 4. The van der Waals surface area contributed by atoms with E-state index in [9.17, 15) is 13.2 Å². The SMILES string of the molecule is Cc1cc(C(=O)N2CCN(C/C=C/c3ccccc3)CC2)cc(S(N)(=O)=O)c1C. The summed E-state index contributed by atoms with van der Waals surface area (Å²) in [5, 5.41) is 5.31. The molecule has 1 saturated heterocycles. The minimum atomic E-state index is -3.87. The van der Waals surface area contributed by atoms with Crippen LogP contribution in [-0.2, 0) is 10.0 Å². The lowest BCUT2D eigenvalue weighted by atomic mass is 10.0. The quantitative estimate of drug-likeness (QED) is 0.816. The molecule has 1 heterocycles. The molecular formula is C22H27N3O3S. The minimum Gasteiger partial charge on any atom is -0.336 e. The van der Waals surface area contributed by atoms with Crippen LogP contribution in [0.15, 0.2) is 53.4 Å². The standard InChI is InChI=1S/C22H27N3O3S/c1-17-15-20(16-21(18(17)2)29(23,27)28)22(26)25-13-11-24(12-14-25)10-6-9-19-7-4-3-5-8-19/h3-9,15-16H,10-14H2,1-2H3,(H2,23,27,28)/b9-6+. The van der Waals surface area contributed by atoms with E-state index >= 15 is 0 Å². The van der Waals surface area contributed by atoms with Crippen molar-refractivity contribution in [2.24, 2.45) is 5.14 Å². The van der Waals surface area contributed by atoms with Crippen molar-refractivity contribution in [2.75, 3.05) is 32.7 Å². The van der Waals surface area contributed by atoms with Crippen LogP contribution in [0.4, 0.5) is 0 Å². The zero-order valence-corrected chi connectivity index (χ0v) is 17.7. The molecule has 154 valence electrons. The molecule has 2 N–H and O–H groups in total. The van der Waals surface area contributed by atoms with E-state index in [1.54, 1.807) is 24.8 Å². The van der Waals surface area contributed by atoms with E-state index < -0.39 is 10.0 Å². The third kappa shape index (κ3) is 5.32. The Balaban J connectivity index is 1.62. The lowest BCUT2D eigenvalue weighted by Gasteiger charge is -2.34. The van der Waals surface area contributed by atoms with Crippen molar-refractivity contribution in [1.82, 2.24) is 9.80 Å². The summed E-state index contributed by atoms with van der Waals surface area (Å²) in [6.45, 7) is 7.08. The molecule has 2 aromatic carbocycles. The fourth-order valence-electron chi connectivity index (χ4n) is 3.46. The van der Waals surface area contributed by atoms with Crippen LogP contribution in [0.25, 0.3) is 6.08 Å². The lowest BCUT2D eigenvalue weighted by Crippen LogP contribution is -2.48. The van der Waals surface area contributed by atoms with Crippen molar-refractivity contribution < 1.29 is 13.2 Å². The number of carbonyl (C=O) groups is 1. The second-order valence-corrected chi connectivity index (χ2v) is 8.90. The summed E-state index contributed by atoms with van der Waals surface area (Å²) in [4.78, 5) is 17.0. The molecule has 1 aliphatic rings. The molecule has 0 aliphatic carbocycles. The third-order valence-electron chi connectivity index (χ3n) is 5.31. The summed E-state index contributed by atoms with van der Waals surface area (Å²) in [7, 11) is -3.87. The van der Waals surface area contributed by atoms with Gasteiger partial charge in [-0.15, -0.1) is 0 Å². The number of rotatable bonds is 5. The maximum Gasteiger partial charge on any atom is 0.253 e. The number of amides is 1. The van der Waals surface area contributed by atoms with E-state index in [2.05, 4.69) is 29.2 Å². The first-order chi connectivity index (χ1) is 13.8. The number of hydrogen-bond donors (Lipinski definition) is 1. The number of primary sulfonamides is 1. The first-order valence-electron chi connectivity index (χ1n) is 9.63. The number of nitrogens with zero attached hydrogens (tertiary/aromatic N) is 2. The van der Waals surface area contributed by atoms with Crippen LogP contribution < -0.4 is 5.14 Å². The molecule has 2 aromatic rings. The Labute approximate surface area is 172 Å². The molecule has 29 heavy (non-hydrogen) atoms. The van der Waals surface area contributed by atoms with Gasteiger partial charge >= 0.3 is 0 Å². The summed E-state index contributed by atoms with van der Waals surface area (Å²) in [5.41, 5.74) is 2.86. The molecular weight excluding hydrogens is 386 g/mol. The average molecular weight is 414 g/mol. The molecule has 0 atom stereocenters. The van der Waals surface area contributed by atoms with Crippen molar-refractivity contribution in [3.63, 3.8) is 0 Å². The molecule has 7 heteroatoms. The topological polar surface area (TPSA) is 83.7 Å². The molecule has 6 nitrogen and oxygen atoms in total. The van der Waals surface area contributed by atoms with Gasteiger partial charge in [0.25, 0.3) is 5.91 Å². The zero-order chi connectivity index (χ0) is 21.0. The van der Waals surface area contributed by atoms with Crippen molar-refractivity contribution in [3.05, 3.63) is 70.8 Å². The van der Waals surface area contributed by atoms with Gasteiger partial charge in [-0.2, -0.15) is 0 Å². The molecule has 1 fully saturated rings. The fraction of sp³-hybridized carbons (Fsp3) is 0.318. The Morgan fingerprint density at radius 3 is 2.34 bits per heavy atom. The Hall–Kier alpha value is -2.48. The Kier molecular flexibility index (Phi) is 6.52. The summed E-state index contributed by atoms with van der Waals surface area (Å²) < 4.78 is 23.7. The van der Waals surface area contributed by atoms with Gasteiger partial charge in [0.15, 0.2) is 0 Å². The van der Waals surface area contributed by atoms with Crippen LogP contribution in [0.3, 0.4) is 0 Å². The van der Waals surface area contributed by atoms with Crippen LogP contribution in [0.1, 0.15) is 27.0 Å². The number of carbonyl (C=O) groups excluding carboxylic acids is 1. The molecule has 0 spiro atoms. The van der Waals surface area contributed by atoms with Gasteiger partial charge < -0.3 is 4.90 Å². The van der Waals surface area contributed by atoms with E-state index in [-0.39, 0.29) is 10.8 Å². The molecule has 0 saturated carbocycles. The third-order valence-corrected chi connectivity index (χ3v) is 6.34. The normalized spacial score (nSPS) is 15.8. The van der Waals surface area contributed by atoms with Crippen molar-refractivity contribution in [2.45, 2.75) is 18.7 Å². The molecule has 3 rings (SSSR count). The van der Waals surface area contributed by atoms with E-state index in [1.165, 1.54) is 11.6 Å². The average Bonchev–Trinajstić information content (AvgIpc) is 2.70. The Morgan fingerprint density at radius 2 is 1.72 bits per heavy atom. The second kappa shape index (κ2) is 8.90. The van der Waals surface area contributed by atoms with E-state index in [0.29, 0.717) is 24.2 Å². The highest BCUT2D eigenvalue weighted by molar-refractivity contribution is 7.89. The van der Waals surface area contributed by atoms with Gasteiger partial charge in [0.1, 0.15) is 0 Å². The molecule has 0 aromatic heterocycles. The molecule has 0 unspecified atom stereocenters. The largest absolute Gasteiger partial charge is 0.336 e. The van der Waals surface area contributed by atoms with Gasteiger partial charge in [0.05, 0.1) is 4.90 Å². The van der Waals surface area contributed by atoms with Crippen molar-refractivity contribution in [1.29, 1.82) is 0 Å². The monoisotopic (exact) mass is 413 g/mol. The highest BCUT2D eigenvalue weighted by atomic mass is 32.2. The smallest absolute Gasteiger partial charge is 0.253 e. The molecule has 0 bridgehead atoms. The van der Waals surface area contributed by atoms with Crippen LogP contribution in [0.2, 0.25) is 0 Å². The van der Waals surface area contributed by atoms with Gasteiger partial charge in [-0.25, -0.2) is 13.6 Å². The number of sulfonamides is 1. The van der Waals surface area contributed by atoms with Crippen molar-refractivity contribution >= 4 is 22.0 Å². The van der Waals surface area contributed by atoms with Gasteiger partial charge in [-0.3, -0.25) is 9.69 Å². The number of benzene rings is 2. The van der Waals surface area contributed by atoms with Gasteiger partial charge in [-0.05, 0) is 42.7 Å². The summed E-state index contributed by atoms with van der Waals surface area (Å²) in [6.07, 6.45) is 4.23. The first-order valence-corrected chi connectivity index (χ1v) is 11.2. The highest BCUT2D eigenvalue weighted by Gasteiger charge is 2.24. The van der Waals surface area contributed by atoms with Crippen LogP contribution in [0, 0.1) is 13.8 Å². The fourth-order valence-corrected chi connectivity index (χ4v) is 4.34. The summed E-state index contributed by atoms with van der Waals surface area (Å²) in [5.74, 6) is -0.155. The molecule has 1 amide bonds. The van der Waals surface area contributed by atoms with Gasteiger partial charge in [0, 0.05) is 38.3 Å². The van der Waals surface area contributed by atoms with Crippen molar-refractivity contribution in [3.8, 4) is 0 Å². The Bertz CT molecular complexity index is 1010. The van der Waals surface area contributed by atoms with Gasteiger partial charge in [0.2, 0.25) is 10.0 Å². The number of nitrogens with two attached hydrogens (primary N) is 1. The summed E-state index contributed by atoms with van der Waals surface area (Å²) >= 11 is 0. The number of piperazine rings is 1. The maximum atomic E-state index is 12.9. The summed E-state index contributed by atoms with van der Waals surface area (Å²) in [6, 6.07) is 13.3. The maximum absolute atomic E-state index is 12.9. The first kappa shape index (κ1) is 21.2. The van der Waals surface area contributed by atoms with Crippen LogP contribution >= 0.6 is 0 Å². The van der Waals surface area contributed by atoms with Gasteiger partial charge in [-0.1, -0.05) is 42.5 Å². The number of aryl methyl sites for hydroxylation is 1. The zero-order valence-electron chi connectivity index (χ0n) is 16.8. The predicted octanol–water partition coefficient (Wildman–Crippen LogP) is 2.42.